The molecule has 0 heterocycles. The Morgan fingerprint density at radius 3 is 2.23 bits per heavy atom. The zero-order valence-electron chi connectivity index (χ0n) is 8.39. The first kappa shape index (κ1) is 11.9. The number of aliphatic carboxylic acids is 1. The van der Waals surface area contributed by atoms with Crippen molar-refractivity contribution in [2.75, 3.05) is 0 Å². The van der Waals surface area contributed by atoms with Gasteiger partial charge in [-0.3, -0.25) is 4.79 Å². The number of carboxylic acid groups (broad SMARTS) is 1. The number of carbonyl (C=O) groups excluding carboxylic acids is 1. The normalized spacial score (nSPS) is 14.7. The number of carboxylic acids is 1. The van der Waals surface area contributed by atoms with Gasteiger partial charge in [0.2, 0.25) is 5.91 Å². The van der Waals surface area contributed by atoms with Crippen LogP contribution in [0.1, 0.15) is 40.0 Å². The third-order valence-electron chi connectivity index (χ3n) is 2.07. The van der Waals surface area contributed by atoms with Gasteiger partial charge in [-0.25, -0.2) is 4.79 Å². The van der Waals surface area contributed by atoms with E-state index < -0.39 is 11.5 Å². The standard InChI is InChI=1S/C9H17NO3/c1-4-6-7(11)10-9(3,5-2)8(12)13/h4-6H2,1-3H3,(H,10,11)(H,12,13). The Morgan fingerprint density at radius 2 is 1.92 bits per heavy atom. The topological polar surface area (TPSA) is 66.4 Å². The van der Waals surface area contributed by atoms with Crippen LogP contribution in [0.3, 0.4) is 0 Å². The van der Waals surface area contributed by atoms with Gasteiger partial charge in [0.05, 0.1) is 0 Å². The maximum Gasteiger partial charge on any atom is 0.329 e. The van der Waals surface area contributed by atoms with Crippen LogP contribution in [0.2, 0.25) is 0 Å². The third-order valence-corrected chi connectivity index (χ3v) is 2.07. The van der Waals surface area contributed by atoms with Crippen LogP contribution in [-0.2, 0) is 9.59 Å². The summed E-state index contributed by atoms with van der Waals surface area (Å²) in [6.45, 7) is 5.13. The number of amides is 1. The first-order chi connectivity index (χ1) is 5.96. The molecule has 0 aliphatic carbocycles. The first-order valence-corrected chi connectivity index (χ1v) is 4.50. The average Bonchev–Trinajstić information content (AvgIpc) is 2.04. The summed E-state index contributed by atoms with van der Waals surface area (Å²) in [5, 5.41) is 11.3. The van der Waals surface area contributed by atoms with Gasteiger partial charge in [-0.2, -0.15) is 0 Å². The van der Waals surface area contributed by atoms with E-state index in [0.29, 0.717) is 12.8 Å². The minimum atomic E-state index is -1.12. The number of rotatable bonds is 5. The Bertz CT molecular complexity index is 203. The molecule has 0 aromatic rings. The monoisotopic (exact) mass is 187 g/mol. The van der Waals surface area contributed by atoms with E-state index in [0.717, 1.165) is 6.42 Å². The van der Waals surface area contributed by atoms with Gasteiger partial charge in [-0.15, -0.1) is 0 Å². The molecule has 0 aromatic carbocycles. The van der Waals surface area contributed by atoms with Crippen molar-refractivity contribution in [2.45, 2.75) is 45.6 Å². The van der Waals surface area contributed by atoms with E-state index in [1.165, 1.54) is 6.92 Å². The van der Waals surface area contributed by atoms with Crippen LogP contribution in [0, 0.1) is 0 Å². The molecule has 0 aliphatic rings. The quantitative estimate of drug-likeness (QED) is 0.678. The average molecular weight is 187 g/mol. The zero-order chi connectivity index (χ0) is 10.5. The first-order valence-electron chi connectivity index (χ1n) is 4.50. The largest absolute Gasteiger partial charge is 0.480 e. The van der Waals surface area contributed by atoms with E-state index in [1.807, 2.05) is 6.92 Å². The lowest BCUT2D eigenvalue weighted by Crippen LogP contribution is -2.51. The van der Waals surface area contributed by atoms with E-state index in [4.69, 9.17) is 5.11 Å². The predicted molar refractivity (Wildman–Crippen MR) is 49.4 cm³/mol. The van der Waals surface area contributed by atoms with Gasteiger partial charge in [-0.1, -0.05) is 13.8 Å². The van der Waals surface area contributed by atoms with Crippen LogP contribution < -0.4 is 5.32 Å². The van der Waals surface area contributed by atoms with Gasteiger partial charge in [0.25, 0.3) is 0 Å². The fourth-order valence-corrected chi connectivity index (χ4v) is 0.890. The molecule has 0 radical (unpaired) electrons. The third kappa shape index (κ3) is 3.44. The highest BCUT2D eigenvalue weighted by Gasteiger charge is 2.32. The van der Waals surface area contributed by atoms with Crippen LogP contribution in [0.15, 0.2) is 0 Å². The molecule has 0 aliphatic heterocycles. The van der Waals surface area contributed by atoms with Crippen LogP contribution in [0.25, 0.3) is 0 Å². The van der Waals surface area contributed by atoms with E-state index in [2.05, 4.69) is 5.32 Å². The Morgan fingerprint density at radius 1 is 1.38 bits per heavy atom. The lowest BCUT2D eigenvalue weighted by atomic mass is 9.99. The van der Waals surface area contributed by atoms with Crippen molar-refractivity contribution in [3.63, 3.8) is 0 Å². The highest BCUT2D eigenvalue weighted by atomic mass is 16.4. The fraction of sp³-hybridized carbons (Fsp3) is 0.778. The number of nitrogens with one attached hydrogen (secondary N) is 1. The highest BCUT2D eigenvalue weighted by Crippen LogP contribution is 2.09. The molecule has 13 heavy (non-hydrogen) atoms. The second kappa shape index (κ2) is 4.84. The van der Waals surface area contributed by atoms with Gasteiger partial charge in [0, 0.05) is 6.42 Å². The minimum absolute atomic E-state index is 0.200. The molecule has 0 rings (SSSR count). The van der Waals surface area contributed by atoms with Crippen molar-refractivity contribution >= 4 is 11.9 Å². The summed E-state index contributed by atoms with van der Waals surface area (Å²) in [4.78, 5) is 21.9. The molecule has 76 valence electrons. The van der Waals surface area contributed by atoms with Crippen LogP contribution in [-0.4, -0.2) is 22.5 Å². The van der Waals surface area contributed by atoms with Crippen molar-refractivity contribution < 1.29 is 14.7 Å². The van der Waals surface area contributed by atoms with Gasteiger partial charge in [-0.05, 0) is 19.8 Å². The lowest BCUT2D eigenvalue weighted by Gasteiger charge is -2.24. The van der Waals surface area contributed by atoms with Crippen molar-refractivity contribution in [3.8, 4) is 0 Å². The molecule has 0 fully saturated rings. The smallest absolute Gasteiger partial charge is 0.329 e. The second-order valence-corrected chi connectivity index (χ2v) is 3.29. The van der Waals surface area contributed by atoms with Crippen molar-refractivity contribution in [3.05, 3.63) is 0 Å². The second-order valence-electron chi connectivity index (χ2n) is 3.29. The summed E-state index contributed by atoms with van der Waals surface area (Å²) in [5.74, 6) is -1.19. The molecule has 4 heteroatoms. The predicted octanol–water partition coefficient (Wildman–Crippen LogP) is 1.16. The van der Waals surface area contributed by atoms with Crippen LogP contribution >= 0.6 is 0 Å². The molecule has 0 aromatic heterocycles. The van der Waals surface area contributed by atoms with Crippen molar-refractivity contribution in [1.82, 2.24) is 5.32 Å². The fourth-order valence-electron chi connectivity index (χ4n) is 0.890. The van der Waals surface area contributed by atoms with Gasteiger partial charge < -0.3 is 10.4 Å². The summed E-state index contributed by atoms with van der Waals surface area (Å²) in [6, 6.07) is 0. The molecule has 0 saturated carbocycles. The minimum Gasteiger partial charge on any atom is -0.480 e. The summed E-state index contributed by atoms with van der Waals surface area (Å²) in [7, 11) is 0. The Balaban J connectivity index is 4.27. The summed E-state index contributed by atoms with van der Waals surface area (Å²) in [6.07, 6.45) is 1.49. The SMILES string of the molecule is CCCC(=O)NC(C)(CC)C(=O)O. The molecule has 1 amide bonds. The molecule has 1 unspecified atom stereocenters. The van der Waals surface area contributed by atoms with Gasteiger partial charge in [0.15, 0.2) is 0 Å². The summed E-state index contributed by atoms with van der Waals surface area (Å²) >= 11 is 0. The van der Waals surface area contributed by atoms with Gasteiger partial charge >= 0.3 is 5.97 Å². The zero-order valence-corrected chi connectivity index (χ0v) is 8.39. The molecule has 0 spiro atoms. The maximum absolute atomic E-state index is 11.1. The Kier molecular flexibility index (Phi) is 4.45. The number of carbonyl (C=O) groups is 2. The molecule has 0 bridgehead atoms. The van der Waals surface area contributed by atoms with Crippen LogP contribution in [0.5, 0.6) is 0 Å². The van der Waals surface area contributed by atoms with E-state index in [-0.39, 0.29) is 5.91 Å². The van der Waals surface area contributed by atoms with Crippen molar-refractivity contribution in [2.24, 2.45) is 0 Å². The van der Waals surface area contributed by atoms with E-state index in [9.17, 15) is 9.59 Å². The lowest BCUT2D eigenvalue weighted by molar-refractivity contribution is -0.147. The molecular weight excluding hydrogens is 170 g/mol. The van der Waals surface area contributed by atoms with Crippen LogP contribution in [0.4, 0.5) is 0 Å². The molecule has 0 saturated heterocycles. The van der Waals surface area contributed by atoms with E-state index >= 15 is 0 Å². The Labute approximate surface area is 78.3 Å². The summed E-state index contributed by atoms with van der Waals surface area (Å²) < 4.78 is 0. The molecule has 2 N–H and O–H groups in total. The molecular formula is C9H17NO3. The molecule has 1 atom stereocenters. The number of hydrogen-bond donors (Lipinski definition) is 2. The summed E-state index contributed by atoms with van der Waals surface area (Å²) in [5.41, 5.74) is -1.12. The highest BCUT2D eigenvalue weighted by molar-refractivity contribution is 5.86. The maximum atomic E-state index is 11.1. The van der Waals surface area contributed by atoms with E-state index in [1.54, 1.807) is 6.92 Å². The Hall–Kier alpha value is -1.06. The number of hydrogen-bond acceptors (Lipinski definition) is 2. The van der Waals surface area contributed by atoms with Crippen molar-refractivity contribution in [1.29, 1.82) is 0 Å². The molecule has 4 nitrogen and oxygen atoms in total. The van der Waals surface area contributed by atoms with Gasteiger partial charge in [0.1, 0.15) is 5.54 Å².